The third kappa shape index (κ3) is 4.73. The summed E-state index contributed by atoms with van der Waals surface area (Å²) >= 11 is 5.89. The second-order valence-corrected chi connectivity index (χ2v) is 9.55. The first kappa shape index (κ1) is 20.2. The van der Waals surface area contributed by atoms with Gasteiger partial charge in [-0.2, -0.15) is 8.42 Å². The number of halogens is 1. The summed E-state index contributed by atoms with van der Waals surface area (Å²) in [4.78, 5) is 11.4. The minimum Gasteiger partial charge on any atom is -0.398 e. The molecule has 1 atom stereocenters. The van der Waals surface area contributed by atoms with Crippen LogP contribution < -0.4 is 11.1 Å². The summed E-state index contributed by atoms with van der Waals surface area (Å²) in [6, 6.07) is 10.9. The van der Waals surface area contributed by atoms with E-state index < -0.39 is 41.9 Å². The van der Waals surface area contributed by atoms with Crippen molar-refractivity contribution in [2.75, 3.05) is 11.1 Å². The fourth-order valence-corrected chi connectivity index (χ4v) is 4.35. The molecule has 4 N–H and O–H groups in total. The van der Waals surface area contributed by atoms with E-state index in [-0.39, 0.29) is 16.3 Å². The van der Waals surface area contributed by atoms with Gasteiger partial charge in [0.05, 0.1) is 17.0 Å². The molecule has 2 aromatic carbocycles. The third-order valence-electron chi connectivity index (χ3n) is 3.33. The van der Waals surface area contributed by atoms with E-state index in [0.29, 0.717) is 0 Å². The van der Waals surface area contributed by atoms with E-state index in [4.69, 9.17) is 21.9 Å². The largest absolute Gasteiger partial charge is 0.398 e. The molecule has 0 spiro atoms. The Morgan fingerprint density at radius 3 is 2.31 bits per heavy atom. The minimum atomic E-state index is -4.57. The number of hydrogen-bond donors (Lipinski definition) is 3. The highest BCUT2D eigenvalue weighted by atomic mass is 35.5. The number of alkyl halides is 1. The number of anilines is 2. The van der Waals surface area contributed by atoms with Crippen LogP contribution in [0.4, 0.5) is 11.4 Å². The number of nitrogen functional groups attached to an aromatic ring is 1. The van der Waals surface area contributed by atoms with E-state index in [0.717, 1.165) is 6.07 Å². The quantitative estimate of drug-likeness (QED) is 0.369. The number of nitrogens with one attached hydrogen (secondary N) is 1. The van der Waals surface area contributed by atoms with E-state index >= 15 is 0 Å². The molecule has 2 aromatic rings. The molecule has 0 aromatic heterocycles. The van der Waals surface area contributed by atoms with Gasteiger partial charge in [-0.1, -0.05) is 18.2 Å². The molecule has 0 heterocycles. The van der Waals surface area contributed by atoms with E-state index in [2.05, 4.69) is 5.32 Å². The van der Waals surface area contributed by atoms with Gasteiger partial charge in [0.15, 0.2) is 9.84 Å². The van der Waals surface area contributed by atoms with Crippen molar-refractivity contribution >= 4 is 48.8 Å². The van der Waals surface area contributed by atoms with Crippen molar-refractivity contribution in [1.82, 2.24) is 0 Å². The lowest BCUT2D eigenvalue weighted by Gasteiger charge is -2.12. The lowest BCUT2D eigenvalue weighted by atomic mass is 10.3. The zero-order chi connectivity index (χ0) is 19.5. The Kier molecular flexibility index (Phi) is 5.91. The molecule has 0 radical (unpaired) electrons. The molecule has 2 rings (SSSR count). The average Bonchev–Trinajstić information content (AvgIpc) is 2.56. The number of carbonyl (C=O) groups is 1. The highest BCUT2D eigenvalue weighted by molar-refractivity contribution is 7.93. The standard InChI is InChI=1S/C15H15ClN2O6S2/c16-14(25(20,21)11-4-2-1-3-5-11)9-15(19)18-10-6-7-12(17)13(8-10)26(22,23)24/h1-8,14H,9,17H2,(H,18,19)(H,22,23,24). The lowest BCUT2D eigenvalue weighted by molar-refractivity contribution is -0.116. The molecule has 1 unspecified atom stereocenters. The van der Waals surface area contributed by atoms with Crippen molar-refractivity contribution in [3.8, 4) is 0 Å². The van der Waals surface area contributed by atoms with Gasteiger partial charge in [0.1, 0.15) is 9.60 Å². The average molecular weight is 419 g/mol. The Morgan fingerprint density at radius 1 is 1.12 bits per heavy atom. The van der Waals surface area contributed by atoms with Gasteiger partial charge in [-0.05, 0) is 30.3 Å². The van der Waals surface area contributed by atoms with Crippen LogP contribution in [-0.4, -0.2) is 32.0 Å². The maximum Gasteiger partial charge on any atom is 0.296 e. The first-order valence-corrected chi connectivity index (χ1v) is 10.5. The third-order valence-corrected chi connectivity index (χ3v) is 6.87. The van der Waals surface area contributed by atoms with Gasteiger partial charge in [-0.3, -0.25) is 9.35 Å². The number of hydrogen-bond acceptors (Lipinski definition) is 6. The smallest absolute Gasteiger partial charge is 0.296 e. The van der Waals surface area contributed by atoms with Crippen molar-refractivity contribution in [2.45, 2.75) is 20.9 Å². The second-order valence-electron chi connectivity index (χ2n) is 5.25. The van der Waals surface area contributed by atoms with E-state index in [1.165, 1.54) is 36.4 Å². The zero-order valence-electron chi connectivity index (χ0n) is 13.2. The molecule has 0 aliphatic heterocycles. The predicted molar refractivity (Wildman–Crippen MR) is 97.2 cm³/mol. The Hall–Kier alpha value is -2.14. The first-order chi connectivity index (χ1) is 12.0. The molecule has 8 nitrogen and oxygen atoms in total. The molecule has 26 heavy (non-hydrogen) atoms. The Morgan fingerprint density at radius 2 is 1.73 bits per heavy atom. The van der Waals surface area contributed by atoms with Crippen LogP contribution in [0, 0.1) is 0 Å². The highest BCUT2D eigenvalue weighted by Crippen LogP contribution is 2.24. The summed E-state index contributed by atoms with van der Waals surface area (Å²) in [5.41, 5.74) is 5.27. The monoisotopic (exact) mass is 418 g/mol. The van der Waals surface area contributed by atoms with Crippen LogP contribution in [0.15, 0.2) is 58.3 Å². The summed E-state index contributed by atoms with van der Waals surface area (Å²) in [5, 5.41) is 2.32. The van der Waals surface area contributed by atoms with Crippen molar-refractivity contribution in [3.63, 3.8) is 0 Å². The maximum absolute atomic E-state index is 12.3. The van der Waals surface area contributed by atoms with E-state index in [9.17, 15) is 21.6 Å². The number of sulfone groups is 1. The van der Waals surface area contributed by atoms with Crippen molar-refractivity contribution in [1.29, 1.82) is 0 Å². The minimum absolute atomic E-state index is 0.0119. The van der Waals surface area contributed by atoms with Crippen LogP contribution in [0.3, 0.4) is 0 Å². The molecule has 1 amide bonds. The molecular formula is C15H15ClN2O6S2. The van der Waals surface area contributed by atoms with Gasteiger partial charge in [-0.15, -0.1) is 11.6 Å². The van der Waals surface area contributed by atoms with E-state index in [1.807, 2.05) is 0 Å². The molecule has 0 fully saturated rings. The van der Waals surface area contributed by atoms with Crippen molar-refractivity contribution in [2.24, 2.45) is 0 Å². The second kappa shape index (κ2) is 7.62. The molecule has 11 heteroatoms. The molecule has 0 bridgehead atoms. The van der Waals surface area contributed by atoms with Gasteiger partial charge >= 0.3 is 0 Å². The van der Waals surface area contributed by atoms with Crippen molar-refractivity contribution < 1.29 is 26.2 Å². The number of amides is 1. The number of carbonyl (C=O) groups excluding carboxylic acids is 1. The summed E-state index contributed by atoms with van der Waals surface area (Å²) in [6.45, 7) is 0. The number of nitrogens with two attached hydrogens (primary N) is 1. The maximum atomic E-state index is 12.3. The SMILES string of the molecule is Nc1ccc(NC(=O)CC(Cl)S(=O)(=O)c2ccccc2)cc1S(=O)(=O)O. The fraction of sp³-hybridized carbons (Fsp3) is 0.133. The molecule has 0 saturated heterocycles. The lowest BCUT2D eigenvalue weighted by Crippen LogP contribution is -2.23. The van der Waals surface area contributed by atoms with Crippen LogP contribution in [0.5, 0.6) is 0 Å². The predicted octanol–water partition coefficient (Wildman–Crippen LogP) is 1.88. The zero-order valence-corrected chi connectivity index (χ0v) is 15.6. The number of benzene rings is 2. The Labute approximate surface area is 155 Å². The summed E-state index contributed by atoms with van der Waals surface area (Å²) < 4.78 is 54.6. The highest BCUT2D eigenvalue weighted by Gasteiger charge is 2.27. The summed E-state index contributed by atoms with van der Waals surface area (Å²) in [7, 11) is -8.49. The van der Waals surface area contributed by atoms with E-state index in [1.54, 1.807) is 6.07 Å². The van der Waals surface area contributed by atoms with Crippen molar-refractivity contribution in [3.05, 3.63) is 48.5 Å². The Balaban J connectivity index is 2.14. The number of rotatable bonds is 6. The van der Waals surface area contributed by atoms with Gasteiger partial charge < -0.3 is 11.1 Å². The molecule has 0 aliphatic carbocycles. The molecule has 0 saturated carbocycles. The van der Waals surface area contributed by atoms with Crippen LogP contribution in [0.2, 0.25) is 0 Å². The van der Waals surface area contributed by atoms with Crippen LogP contribution in [-0.2, 0) is 24.7 Å². The summed E-state index contributed by atoms with van der Waals surface area (Å²) in [6.07, 6.45) is -0.565. The fourth-order valence-electron chi connectivity index (χ4n) is 2.06. The first-order valence-electron chi connectivity index (χ1n) is 7.11. The topological polar surface area (TPSA) is 144 Å². The van der Waals surface area contributed by atoms with Crippen LogP contribution in [0.25, 0.3) is 0 Å². The molecule has 0 aliphatic rings. The van der Waals surface area contributed by atoms with Gasteiger partial charge in [0, 0.05) is 5.69 Å². The Bertz CT molecular complexity index is 1020. The normalized spacial score (nSPS) is 13.2. The summed E-state index contributed by atoms with van der Waals surface area (Å²) in [5.74, 6) is -0.754. The molecular weight excluding hydrogens is 404 g/mol. The van der Waals surface area contributed by atoms with Crippen LogP contribution in [0.1, 0.15) is 6.42 Å². The van der Waals surface area contributed by atoms with Gasteiger partial charge in [0.2, 0.25) is 5.91 Å². The van der Waals surface area contributed by atoms with Gasteiger partial charge in [0.25, 0.3) is 10.1 Å². The van der Waals surface area contributed by atoms with Crippen LogP contribution >= 0.6 is 11.6 Å². The molecule has 140 valence electrons. The van der Waals surface area contributed by atoms with Gasteiger partial charge in [-0.25, -0.2) is 8.42 Å².